The van der Waals surface area contributed by atoms with Gasteiger partial charge in [0, 0.05) is 26.6 Å². The van der Waals surface area contributed by atoms with E-state index in [4.69, 9.17) is 5.11 Å². The molecule has 0 spiro atoms. The monoisotopic (exact) mass is 301 g/mol. The van der Waals surface area contributed by atoms with Crippen molar-refractivity contribution in [1.82, 2.24) is 15.1 Å². The number of hydrogen-bond acceptors (Lipinski definition) is 5. The maximum absolute atomic E-state index is 11.9. The van der Waals surface area contributed by atoms with E-state index in [1.807, 2.05) is 0 Å². The van der Waals surface area contributed by atoms with Crippen LogP contribution in [0.3, 0.4) is 0 Å². The number of hydrogen-bond donors (Lipinski definition) is 2. The molecule has 118 valence electrons. The summed E-state index contributed by atoms with van der Waals surface area (Å²) in [5.74, 6) is -2.00. The number of carboxylic acids is 1. The smallest absolute Gasteiger partial charge is 0.326 e. The second kappa shape index (κ2) is 7.46. The van der Waals surface area contributed by atoms with Gasteiger partial charge in [-0.25, -0.2) is 9.59 Å². The van der Waals surface area contributed by atoms with Gasteiger partial charge in [0.2, 0.25) is 5.91 Å². The maximum atomic E-state index is 11.9. The van der Waals surface area contributed by atoms with Gasteiger partial charge < -0.3 is 25.0 Å². The molecule has 3 amide bonds. The van der Waals surface area contributed by atoms with Gasteiger partial charge in [0.15, 0.2) is 0 Å². The van der Waals surface area contributed by atoms with Crippen LogP contribution in [0.15, 0.2) is 0 Å². The number of amides is 3. The number of ether oxygens (including phenoxy) is 1. The average Bonchev–Trinajstić information content (AvgIpc) is 2.45. The summed E-state index contributed by atoms with van der Waals surface area (Å²) in [6, 6.07) is -1.83. The summed E-state index contributed by atoms with van der Waals surface area (Å²) in [7, 11) is 2.83. The van der Waals surface area contributed by atoms with Crippen molar-refractivity contribution in [1.29, 1.82) is 0 Å². The largest absolute Gasteiger partial charge is 0.480 e. The van der Waals surface area contributed by atoms with Crippen LogP contribution in [-0.2, 0) is 19.1 Å². The first kappa shape index (κ1) is 16.7. The maximum Gasteiger partial charge on any atom is 0.326 e. The lowest BCUT2D eigenvalue weighted by Crippen LogP contribution is -2.55. The first-order chi connectivity index (χ1) is 9.85. The molecular weight excluding hydrogens is 282 g/mol. The minimum Gasteiger partial charge on any atom is -0.480 e. The highest BCUT2D eigenvalue weighted by molar-refractivity contribution is 5.87. The molecule has 1 atom stereocenters. The van der Waals surface area contributed by atoms with E-state index in [2.05, 4.69) is 10.1 Å². The topological polar surface area (TPSA) is 116 Å². The molecule has 0 radical (unpaired) electrons. The lowest BCUT2D eigenvalue weighted by molar-refractivity contribution is -0.142. The highest BCUT2D eigenvalue weighted by Crippen LogP contribution is 2.04. The lowest BCUT2D eigenvalue weighted by atomic mass is 10.1. The van der Waals surface area contributed by atoms with Crippen LogP contribution in [0.25, 0.3) is 0 Å². The molecule has 21 heavy (non-hydrogen) atoms. The van der Waals surface area contributed by atoms with Crippen LogP contribution < -0.4 is 5.32 Å². The number of aliphatic carboxylic acids is 1. The highest BCUT2D eigenvalue weighted by atomic mass is 16.5. The van der Waals surface area contributed by atoms with Gasteiger partial charge in [-0.3, -0.25) is 9.59 Å². The third-order valence-corrected chi connectivity index (χ3v) is 3.21. The summed E-state index contributed by atoms with van der Waals surface area (Å²) in [5, 5.41) is 11.3. The fourth-order valence-electron chi connectivity index (χ4n) is 1.79. The Kier molecular flexibility index (Phi) is 5.94. The summed E-state index contributed by atoms with van der Waals surface area (Å²) in [6.07, 6.45) is -0.190. The number of methoxy groups -OCH3 is 1. The van der Waals surface area contributed by atoms with Crippen LogP contribution in [0.1, 0.15) is 12.8 Å². The van der Waals surface area contributed by atoms with Gasteiger partial charge >= 0.3 is 18.0 Å². The Balaban J connectivity index is 2.54. The second-order valence-electron chi connectivity index (χ2n) is 4.69. The molecule has 0 aromatic heterocycles. The molecule has 1 fully saturated rings. The van der Waals surface area contributed by atoms with Gasteiger partial charge in [0.05, 0.1) is 7.11 Å². The van der Waals surface area contributed by atoms with E-state index < -0.39 is 24.0 Å². The minimum absolute atomic E-state index is 0.0740. The van der Waals surface area contributed by atoms with Crippen molar-refractivity contribution in [2.75, 3.05) is 33.8 Å². The quantitative estimate of drug-likeness (QED) is 0.621. The third kappa shape index (κ3) is 4.93. The molecular formula is C12H19N3O6. The van der Waals surface area contributed by atoms with E-state index in [0.29, 0.717) is 13.1 Å². The van der Waals surface area contributed by atoms with E-state index in [0.717, 1.165) is 0 Å². The number of rotatable bonds is 5. The predicted molar refractivity (Wildman–Crippen MR) is 70.4 cm³/mol. The van der Waals surface area contributed by atoms with Crippen LogP contribution in [0.5, 0.6) is 0 Å². The van der Waals surface area contributed by atoms with Gasteiger partial charge in [0.25, 0.3) is 0 Å². The zero-order chi connectivity index (χ0) is 16.0. The molecule has 1 rings (SSSR count). The lowest BCUT2D eigenvalue weighted by Gasteiger charge is -2.32. The van der Waals surface area contributed by atoms with Crippen molar-refractivity contribution in [3.8, 4) is 0 Å². The predicted octanol–water partition coefficient (Wildman–Crippen LogP) is -1.12. The Morgan fingerprint density at radius 3 is 2.57 bits per heavy atom. The average molecular weight is 301 g/mol. The van der Waals surface area contributed by atoms with E-state index in [9.17, 15) is 19.2 Å². The summed E-state index contributed by atoms with van der Waals surface area (Å²) >= 11 is 0. The Bertz CT molecular complexity index is 439. The number of nitrogens with zero attached hydrogens (tertiary/aromatic N) is 2. The number of carbonyl (C=O) groups excluding carboxylic acids is 3. The van der Waals surface area contributed by atoms with Crippen LogP contribution in [-0.4, -0.2) is 78.6 Å². The van der Waals surface area contributed by atoms with Crippen molar-refractivity contribution < 1.29 is 29.0 Å². The molecule has 0 aromatic carbocycles. The molecule has 9 nitrogen and oxygen atoms in total. The molecule has 1 saturated heterocycles. The van der Waals surface area contributed by atoms with E-state index in [-0.39, 0.29) is 25.3 Å². The van der Waals surface area contributed by atoms with Crippen molar-refractivity contribution >= 4 is 23.9 Å². The first-order valence-electron chi connectivity index (χ1n) is 6.44. The van der Waals surface area contributed by atoms with Crippen LogP contribution >= 0.6 is 0 Å². The summed E-state index contributed by atoms with van der Waals surface area (Å²) in [4.78, 5) is 48.3. The van der Waals surface area contributed by atoms with Gasteiger partial charge in [0.1, 0.15) is 12.6 Å². The fraction of sp³-hybridized carbons (Fsp3) is 0.667. The summed E-state index contributed by atoms with van der Waals surface area (Å²) < 4.78 is 4.42. The summed E-state index contributed by atoms with van der Waals surface area (Å²) in [5.41, 5.74) is 0. The van der Waals surface area contributed by atoms with E-state index in [1.54, 1.807) is 7.05 Å². The van der Waals surface area contributed by atoms with Gasteiger partial charge in [-0.15, -0.1) is 0 Å². The fourth-order valence-corrected chi connectivity index (χ4v) is 1.79. The van der Waals surface area contributed by atoms with Crippen molar-refractivity contribution in [3.05, 3.63) is 0 Å². The number of urea groups is 1. The van der Waals surface area contributed by atoms with Crippen LogP contribution in [0.2, 0.25) is 0 Å². The van der Waals surface area contributed by atoms with Crippen LogP contribution in [0, 0.1) is 0 Å². The van der Waals surface area contributed by atoms with Crippen LogP contribution in [0.4, 0.5) is 4.79 Å². The summed E-state index contributed by atoms with van der Waals surface area (Å²) in [6.45, 7) is 0.634. The number of piperazine rings is 1. The normalized spacial score (nSPS) is 16.4. The van der Waals surface area contributed by atoms with Crippen molar-refractivity contribution in [2.45, 2.75) is 18.9 Å². The SMILES string of the molecule is COC(=O)CC[C@@H](NC(=O)N1CCN(C)C(=O)C1)C(=O)O. The number of likely N-dealkylation sites (N-methyl/N-ethyl adjacent to an activating group) is 1. The molecule has 2 N–H and O–H groups in total. The first-order valence-corrected chi connectivity index (χ1v) is 6.44. The van der Waals surface area contributed by atoms with Crippen molar-refractivity contribution in [2.24, 2.45) is 0 Å². The molecule has 0 saturated carbocycles. The Morgan fingerprint density at radius 2 is 2.05 bits per heavy atom. The Labute approximate surface area is 121 Å². The molecule has 0 unspecified atom stereocenters. The zero-order valence-electron chi connectivity index (χ0n) is 12.0. The molecule has 0 aromatic rings. The van der Waals surface area contributed by atoms with Gasteiger partial charge in [-0.05, 0) is 6.42 Å². The molecule has 9 heteroatoms. The molecule has 0 bridgehead atoms. The standard InChI is InChI=1S/C12H19N3O6/c1-14-5-6-15(7-9(14)16)12(20)13-8(11(18)19)3-4-10(17)21-2/h8H,3-7H2,1-2H3,(H,13,20)(H,18,19)/t8-/m1/s1. The van der Waals surface area contributed by atoms with Crippen molar-refractivity contribution in [3.63, 3.8) is 0 Å². The Hall–Kier alpha value is -2.32. The molecule has 1 heterocycles. The molecule has 1 aliphatic rings. The number of carbonyl (C=O) groups is 4. The third-order valence-electron chi connectivity index (χ3n) is 3.21. The molecule has 0 aliphatic carbocycles. The van der Waals surface area contributed by atoms with Gasteiger partial charge in [-0.2, -0.15) is 0 Å². The second-order valence-corrected chi connectivity index (χ2v) is 4.69. The number of carboxylic acid groups (broad SMARTS) is 1. The molecule has 1 aliphatic heterocycles. The van der Waals surface area contributed by atoms with E-state index in [1.165, 1.54) is 16.9 Å². The highest BCUT2D eigenvalue weighted by Gasteiger charge is 2.28. The number of nitrogens with one attached hydrogen (secondary N) is 1. The van der Waals surface area contributed by atoms with E-state index >= 15 is 0 Å². The van der Waals surface area contributed by atoms with Gasteiger partial charge in [-0.1, -0.05) is 0 Å². The number of esters is 1. The Morgan fingerprint density at radius 1 is 1.38 bits per heavy atom. The zero-order valence-corrected chi connectivity index (χ0v) is 12.0. The minimum atomic E-state index is -1.24.